The molecule has 0 spiro atoms. The van der Waals surface area contributed by atoms with Gasteiger partial charge in [-0.25, -0.2) is 0 Å². The summed E-state index contributed by atoms with van der Waals surface area (Å²) in [6.07, 6.45) is 4.03. The van der Waals surface area contributed by atoms with Gasteiger partial charge in [0.15, 0.2) is 12.6 Å². The van der Waals surface area contributed by atoms with E-state index in [4.69, 9.17) is 18.9 Å². The third kappa shape index (κ3) is 4.11. The molecule has 0 saturated carbocycles. The van der Waals surface area contributed by atoms with Gasteiger partial charge in [0.2, 0.25) is 0 Å². The van der Waals surface area contributed by atoms with Crippen molar-refractivity contribution < 1.29 is 18.9 Å². The van der Waals surface area contributed by atoms with Crippen LogP contribution in [0.5, 0.6) is 0 Å². The minimum Gasteiger partial charge on any atom is -0.353 e. The maximum atomic E-state index is 5.39. The van der Waals surface area contributed by atoms with Crippen molar-refractivity contribution in [2.45, 2.75) is 38.3 Å². The third-order valence-corrected chi connectivity index (χ3v) is 2.58. The molecule has 2 heterocycles. The minimum absolute atomic E-state index is 0.0478. The van der Waals surface area contributed by atoms with Crippen molar-refractivity contribution in [3.63, 3.8) is 0 Å². The first-order chi connectivity index (χ1) is 7.95. The van der Waals surface area contributed by atoms with Gasteiger partial charge in [-0.15, -0.1) is 0 Å². The van der Waals surface area contributed by atoms with Crippen molar-refractivity contribution in [3.8, 4) is 11.8 Å². The van der Waals surface area contributed by atoms with Crippen LogP contribution >= 0.6 is 0 Å². The zero-order valence-corrected chi connectivity index (χ0v) is 9.44. The quantitative estimate of drug-likeness (QED) is 0.677. The predicted molar refractivity (Wildman–Crippen MR) is 57.6 cm³/mol. The van der Waals surface area contributed by atoms with E-state index in [2.05, 4.69) is 11.8 Å². The highest BCUT2D eigenvalue weighted by Gasteiger charge is 2.15. The van der Waals surface area contributed by atoms with Gasteiger partial charge in [0.1, 0.15) is 13.2 Å². The van der Waals surface area contributed by atoms with Crippen molar-refractivity contribution in [3.05, 3.63) is 0 Å². The van der Waals surface area contributed by atoms with Crippen LogP contribution in [0, 0.1) is 11.8 Å². The van der Waals surface area contributed by atoms with Gasteiger partial charge in [0.25, 0.3) is 0 Å². The molecule has 2 aliphatic rings. The fourth-order valence-corrected chi connectivity index (χ4v) is 1.73. The first kappa shape index (κ1) is 11.9. The second kappa shape index (κ2) is 6.87. The van der Waals surface area contributed by atoms with E-state index in [9.17, 15) is 0 Å². The van der Waals surface area contributed by atoms with Crippen molar-refractivity contribution in [2.75, 3.05) is 26.4 Å². The van der Waals surface area contributed by atoms with Crippen molar-refractivity contribution in [1.29, 1.82) is 0 Å². The smallest absolute Gasteiger partial charge is 0.158 e. The van der Waals surface area contributed by atoms with Crippen LogP contribution in [0.4, 0.5) is 0 Å². The van der Waals surface area contributed by atoms with Crippen LogP contribution in [0.1, 0.15) is 25.7 Å². The Morgan fingerprint density at radius 3 is 1.75 bits per heavy atom. The van der Waals surface area contributed by atoms with Gasteiger partial charge in [-0.3, -0.25) is 0 Å². The molecule has 4 nitrogen and oxygen atoms in total. The molecular formula is C12H18O4. The summed E-state index contributed by atoms with van der Waals surface area (Å²) in [5, 5.41) is 0. The van der Waals surface area contributed by atoms with E-state index in [1.54, 1.807) is 0 Å². The van der Waals surface area contributed by atoms with Gasteiger partial charge in [-0.2, -0.15) is 0 Å². The summed E-state index contributed by atoms with van der Waals surface area (Å²) in [5.74, 6) is 5.81. The molecule has 0 aliphatic carbocycles. The average Bonchev–Trinajstić information content (AvgIpc) is 2.96. The number of hydrogen-bond acceptors (Lipinski definition) is 4. The molecule has 0 amide bonds. The van der Waals surface area contributed by atoms with Gasteiger partial charge >= 0.3 is 0 Å². The molecule has 0 radical (unpaired) electrons. The average molecular weight is 226 g/mol. The second-order valence-electron chi connectivity index (χ2n) is 3.86. The van der Waals surface area contributed by atoms with Gasteiger partial charge < -0.3 is 18.9 Å². The molecule has 0 aromatic carbocycles. The van der Waals surface area contributed by atoms with E-state index < -0.39 is 0 Å². The van der Waals surface area contributed by atoms with E-state index in [0.717, 1.165) is 38.9 Å². The minimum atomic E-state index is -0.0478. The Bertz CT molecular complexity index is 219. The lowest BCUT2D eigenvalue weighted by Gasteiger charge is -2.07. The summed E-state index contributed by atoms with van der Waals surface area (Å²) < 4.78 is 21.4. The van der Waals surface area contributed by atoms with Gasteiger partial charge in [0.05, 0.1) is 0 Å². The van der Waals surface area contributed by atoms with E-state index >= 15 is 0 Å². The Morgan fingerprint density at radius 1 is 0.875 bits per heavy atom. The van der Waals surface area contributed by atoms with Gasteiger partial charge in [-0.05, 0) is 12.8 Å². The standard InChI is InChI=1S/C12H18O4/c1(7-13-11-5-3-9-15-11)2-8-14-12-6-4-10-16-12/h11-12H,3-10H2. The highest BCUT2D eigenvalue weighted by atomic mass is 16.7. The van der Waals surface area contributed by atoms with Crippen LogP contribution in [-0.4, -0.2) is 39.0 Å². The van der Waals surface area contributed by atoms with Crippen LogP contribution in [0.3, 0.4) is 0 Å². The third-order valence-electron chi connectivity index (χ3n) is 2.58. The lowest BCUT2D eigenvalue weighted by atomic mass is 10.4. The zero-order valence-electron chi connectivity index (χ0n) is 9.44. The molecule has 2 fully saturated rings. The Labute approximate surface area is 96.2 Å². The molecule has 0 N–H and O–H groups in total. The second-order valence-corrected chi connectivity index (χ2v) is 3.86. The van der Waals surface area contributed by atoms with Crippen LogP contribution in [-0.2, 0) is 18.9 Å². The fourth-order valence-electron chi connectivity index (χ4n) is 1.73. The number of ether oxygens (including phenoxy) is 4. The zero-order chi connectivity index (χ0) is 11.1. The molecule has 0 bridgehead atoms. The maximum Gasteiger partial charge on any atom is 0.158 e. The number of rotatable bonds is 4. The number of hydrogen-bond donors (Lipinski definition) is 0. The Kier molecular flexibility index (Phi) is 5.10. The SMILES string of the molecule is C(#CCOC1CCCO1)COC1CCCO1. The van der Waals surface area contributed by atoms with Gasteiger partial charge in [-0.1, -0.05) is 11.8 Å². The molecule has 2 atom stereocenters. The molecule has 2 saturated heterocycles. The summed E-state index contributed by atoms with van der Waals surface area (Å²) in [6.45, 7) is 2.44. The summed E-state index contributed by atoms with van der Waals surface area (Å²) >= 11 is 0. The van der Waals surface area contributed by atoms with Crippen LogP contribution in [0.15, 0.2) is 0 Å². The van der Waals surface area contributed by atoms with Crippen LogP contribution in [0.25, 0.3) is 0 Å². The van der Waals surface area contributed by atoms with E-state index in [1.165, 1.54) is 0 Å². The Hall–Kier alpha value is -0.600. The molecule has 2 unspecified atom stereocenters. The van der Waals surface area contributed by atoms with E-state index in [1.807, 2.05) is 0 Å². The summed E-state index contributed by atoms with van der Waals surface area (Å²) in [7, 11) is 0. The topological polar surface area (TPSA) is 36.9 Å². The first-order valence-electron chi connectivity index (χ1n) is 5.87. The molecular weight excluding hydrogens is 208 g/mol. The molecule has 16 heavy (non-hydrogen) atoms. The summed E-state index contributed by atoms with van der Waals surface area (Å²) in [4.78, 5) is 0. The highest BCUT2D eigenvalue weighted by Crippen LogP contribution is 2.13. The van der Waals surface area contributed by atoms with Crippen LogP contribution in [0.2, 0.25) is 0 Å². The monoisotopic (exact) mass is 226 g/mol. The van der Waals surface area contributed by atoms with Crippen molar-refractivity contribution >= 4 is 0 Å². The molecule has 0 aromatic heterocycles. The maximum absolute atomic E-state index is 5.39. The summed E-state index contributed by atoms with van der Waals surface area (Å²) in [5.41, 5.74) is 0. The van der Waals surface area contributed by atoms with E-state index in [-0.39, 0.29) is 12.6 Å². The lowest BCUT2D eigenvalue weighted by Crippen LogP contribution is -2.11. The Morgan fingerprint density at radius 2 is 1.38 bits per heavy atom. The highest BCUT2D eigenvalue weighted by molar-refractivity contribution is 4.99. The molecule has 4 heteroatoms. The lowest BCUT2D eigenvalue weighted by molar-refractivity contribution is -0.102. The predicted octanol–water partition coefficient (Wildman–Crippen LogP) is 1.30. The van der Waals surface area contributed by atoms with E-state index in [0.29, 0.717) is 13.2 Å². The van der Waals surface area contributed by atoms with Gasteiger partial charge in [0, 0.05) is 26.1 Å². The normalized spacial score (nSPS) is 29.0. The molecule has 2 rings (SSSR count). The van der Waals surface area contributed by atoms with Crippen molar-refractivity contribution in [2.24, 2.45) is 0 Å². The molecule has 2 aliphatic heterocycles. The largest absolute Gasteiger partial charge is 0.353 e. The first-order valence-corrected chi connectivity index (χ1v) is 5.87. The Balaban J connectivity index is 1.48. The fraction of sp³-hybridized carbons (Fsp3) is 0.833. The van der Waals surface area contributed by atoms with Crippen LogP contribution < -0.4 is 0 Å². The molecule has 0 aromatic rings. The molecule has 90 valence electrons. The summed E-state index contributed by atoms with van der Waals surface area (Å²) in [6, 6.07) is 0. The van der Waals surface area contributed by atoms with Crippen molar-refractivity contribution in [1.82, 2.24) is 0 Å².